The van der Waals surface area contributed by atoms with Crippen LogP contribution in [0.1, 0.15) is 25.8 Å². The SMILES string of the molecule is CC12C[C@H](O)C(C)(O1)[C@@H]1C(=O)N(c3ccc(C#N)c4nonc34)C(=O)[C@@H]12. The van der Waals surface area contributed by atoms with E-state index in [-0.39, 0.29) is 22.3 Å². The van der Waals surface area contributed by atoms with E-state index < -0.39 is 41.0 Å². The van der Waals surface area contributed by atoms with Crippen LogP contribution < -0.4 is 4.90 Å². The third-order valence-corrected chi connectivity index (χ3v) is 6.05. The van der Waals surface area contributed by atoms with Gasteiger partial charge in [-0.15, -0.1) is 0 Å². The van der Waals surface area contributed by atoms with Gasteiger partial charge in [0.2, 0.25) is 11.8 Å². The smallest absolute Gasteiger partial charge is 0.240 e. The number of rotatable bonds is 1. The average molecular weight is 354 g/mol. The molecule has 5 atom stereocenters. The fourth-order valence-electron chi connectivity index (χ4n) is 4.88. The highest BCUT2D eigenvalue weighted by molar-refractivity contribution is 6.25. The Kier molecular flexibility index (Phi) is 2.65. The van der Waals surface area contributed by atoms with Crippen LogP contribution in [0, 0.1) is 23.2 Å². The average Bonchev–Trinajstić information content (AvgIpc) is 3.27. The summed E-state index contributed by atoms with van der Waals surface area (Å²) in [5, 5.41) is 27.0. The summed E-state index contributed by atoms with van der Waals surface area (Å²) in [7, 11) is 0. The van der Waals surface area contributed by atoms with E-state index in [0.717, 1.165) is 4.90 Å². The van der Waals surface area contributed by atoms with Gasteiger partial charge < -0.3 is 9.84 Å². The first-order chi connectivity index (χ1) is 12.3. The van der Waals surface area contributed by atoms with E-state index in [2.05, 4.69) is 10.3 Å². The second kappa shape index (κ2) is 4.47. The van der Waals surface area contributed by atoms with Crippen molar-refractivity contribution in [3.05, 3.63) is 17.7 Å². The number of carbonyl (C=O) groups is 2. The zero-order chi connectivity index (χ0) is 18.4. The van der Waals surface area contributed by atoms with Crippen molar-refractivity contribution in [1.29, 1.82) is 5.26 Å². The highest BCUT2D eigenvalue weighted by Crippen LogP contribution is 2.61. The maximum atomic E-state index is 13.2. The summed E-state index contributed by atoms with van der Waals surface area (Å²) in [6.07, 6.45) is -0.522. The van der Waals surface area contributed by atoms with Crippen molar-refractivity contribution < 1.29 is 24.1 Å². The molecule has 9 heteroatoms. The van der Waals surface area contributed by atoms with Crippen molar-refractivity contribution in [3.63, 3.8) is 0 Å². The fraction of sp³-hybridized carbons (Fsp3) is 0.471. The van der Waals surface area contributed by atoms with Crippen LogP contribution in [0.3, 0.4) is 0 Å². The Bertz CT molecular complexity index is 1040. The molecule has 1 N–H and O–H groups in total. The van der Waals surface area contributed by atoms with Crippen molar-refractivity contribution in [3.8, 4) is 6.07 Å². The molecule has 3 saturated heterocycles. The van der Waals surface area contributed by atoms with Crippen LogP contribution in [0.2, 0.25) is 0 Å². The Labute approximate surface area is 147 Å². The minimum atomic E-state index is -1.10. The summed E-state index contributed by atoms with van der Waals surface area (Å²) >= 11 is 0. The molecule has 2 unspecified atom stereocenters. The minimum absolute atomic E-state index is 0.176. The van der Waals surface area contributed by atoms with Gasteiger partial charge in [-0.25, -0.2) is 9.53 Å². The lowest BCUT2D eigenvalue weighted by molar-refractivity contribution is -0.132. The first-order valence-corrected chi connectivity index (χ1v) is 8.23. The van der Waals surface area contributed by atoms with Gasteiger partial charge in [0.25, 0.3) is 0 Å². The van der Waals surface area contributed by atoms with Crippen LogP contribution in [-0.4, -0.2) is 44.5 Å². The number of amides is 2. The first kappa shape index (κ1) is 15.4. The molecule has 2 amide bonds. The van der Waals surface area contributed by atoms with Crippen LogP contribution in [0.4, 0.5) is 5.69 Å². The second-order valence-electron chi connectivity index (χ2n) is 7.49. The first-order valence-electron chi connectivity index (χ1n) is 8.23. The molecule has 0 aliphatic carbocycles. The number of aromatic nitrogens is 2. The van der Waals surface area contributed by atoms with Crippen LogP contribution in [0.15, 0.2) is 16.8 Å². The van der Waals surface area contributed by atoms with Crippen LogP contribution in [-0.2, 0) is 14.3 Å². The molecule has 0 radical (unpaired) electrons. The Morgan fingerprint density at radius 2 is 1.92 bits per heavy atom. The van der Waals surface area contributed by atoms with E-state index in [0.29, 0.717) is 6.42 Å². The quantitative estimate of drug-likeness (QED) is 0.733. The van der Waals surface area contributed by atoms with Gasteiger partial charge >= 0.3 is 0 Å². The van der Waals surface area contributed by atoms with Crippen molar-refractivity contribution in [2.75, 3.05) is 4.90 Å². The minimum Gasteiger partial charge on any atom is -0.390 e. The molecule has 1 aromatic carbocycles. The number of imide groups is 1. The molecule has 3 aliphatic heterocycles. The maximum absolute atomic E-state index is 13.2. The molecule has 3 aliphatic rings. The molecular formula is C17H14N4O5. The van der Waals surface area contributed by atoms with Gasteiger partial charge in [0, 0.05) is 6.42 Å². The van der Waals surface area contributed by atoms with E-state index in [1.807, 2.05) is 6.07 Å². The van der Waals surface area contributed by atoms with Crippen LogP contribution in [0.25, 0.3) is 11.0 Å². The zero-order valence-electron chi connectivity index (χ0n) is 14.0. The van der Waals surface area contributed by atoms with E-state index >= 15 is 0 Å². The molecule has 132 valence electrons. The summed E-state index contributed by atoms with van der Waals surface area (Å²) in [5.41, 5.74) is -1.16. The Morgan fingerprint density at radius 1 is 1.23 bits per heavy atom. The van der Waals surface area contributed by atoms with Gasteiger partial charge in [-0.3, -0.25) is 9.59 Å². The van der Waals surface area contributed by atoms with Crippen molar-refractivity contribution in [2.24, 2.45) is 11.8 Å². The number of hydrogen-bond acceptors (Lipinski definition) is 8. The Hall–Kier alpha value is -2.83. The largest absolute Gasteiger partial charge is 0.390 e. The zero-order valence-corrected chi connectivity index (χ0v) is 14.0. The molecule has 0 saturated carbocycles. The summed E-state index contributed by atoms with van der Waals surface area (Å²) in [6, 6.07) is 4.94. The maximum Gasteiger partial charge on any atom is 0.240 e. The number of aliphatic hydroxyl groups is 1. The number of anilines is 1. The Balaban J connectivity index is 1.68. The van der Waals surface area contributed by atoms with E-state index in [1.54, 1.807) is 13.8 Å². The molecule has 5 rings (SSSR count). The highest BCUT2D eigenvalue weighted by Gasteiger charge is 2.75. The molecule has 9 nitrogen and oxygen atoms in total. The van der Waals surface area contributed by atoms with Crippen molar-refractivity contribution in [1.82, 2.24) is 10.3 Å². The number of fused-ring (bicyclic) bond motifs is 6. The Morgan fingerprint density at radius 3 is 2.65 bits per heavy atom. The van der Waals surface area contributed by atoms with Gasteiger partial charge in [0.15, 0.2) is 11.0 Å². The van der Waals surface area contributed by atoms with Gasteiger partial charge in [-0.05, 0) is 36.3 Å². The van der Waals surface area contributed by atoms with Gasteiger partial charge in [0.1, 0.15) is 11.7 Å². The summed E-state index contributed by atoms with van der Waals surface area (Å²) < 4.78 is 10.7. The number of benzene rings is 1. The summed E-state index contributed by atoms with van der Waals surface area (Å²) in [5.74, 6) is -2.28. The standard InChI is InChI=1S/C17H14N4O5/c1-16-5-9(22)17(2,25-16)11-10(16)14(23)21(15(11)24)8-4-3-7(6-18)12-13(8)20-26-19-12/h3-4,9-11,22H,5H2,1-2H3/t9-,10+,11-,16?,17?/m0/s1. The molecular weight excluding hydrogens is 340 g/mol. The van der Waals surface area contributed by atoms with E-state index in [1.165, 1.54) is 12.1 Å². The number of ether oxygens (including phenoxy) is 1. The number of nitrogens with zero attached hydrogens (tertiary/aromatic N) is 4. The molecule has 0 spiro atoms. The van der Waals surface area contributed by atoms with Gasteiger partial charge in [-0.2, -0.15) is 5.26 Å². The predicted molar refractivity (Wildman–Crippen MR) is 84.5 cm³/mol. The summed E-state index contributed by atoms with van der Waals surface area (Å²) in [4.78, 5) is 27.4. The van der Waals surface area contributed by atoms with E-state index in [4.69, 9.17) is 14.6 Å². The molecule has 1 aromatic heterocycles. The third kappa shape index (κ3) is 1.52. The lowest BCUT2D eigenvalue weighted by Crippen LogP contribution is -2.49. The van der Waals surface area contributed by atoms with E-state index in [9.17, 15) is 14.7 Å². The second-order valence-corrected chi connectivity index (χ2v) is 7.49. The lowest BCUT2D eigenvalue weighted by Gasteiger charge is -2.31. The highest BCUT2D eigenvalue weighted by atomic mass is 16.6. The number of nitriles is 1. The number of hydrogen-bond donors (Lipinski definition) is 1. The molecule has 26 heavy (non-hydrogen) atoms. The molecule has 2 bridgehead atoms. The molecule has 4 heterocycles. The number of carbonyl (C=O) groups excluding carboxylic acids is 2. The molecule has 2 aromatic rings. The lowest BCUT2D eigenvalue weighted by atomic mass is 9.67. The number of aliphatic hydroxyl groups excluding tert-OH is 1. The molecule has 3 fully saturated rings. The van der Waals surface area contributed by atoms with Gasteiger partial charge in [-0.1, -0.05) is 0 Å². The monoisotopic (exact) mass is 354 g/mol. The van der Waals surface area contributed by atoms with Crippen molar-refractivity contribution in [2.45, 2.75) is 37.6 Å². The third-order valence-electron chi connectivity index (χ3n) is 6.05. The topological polar surface area (TPSA) is 130 Å². The normalized spacial score (nSPS) is 38.2. The fourth-order valence-corrected chi connectivity index (χ4v) is 4.88. The van der Waals surface area contributed by atoms with Crippen molar-refractivity contribution >= 4 is 28.5 Å². The van der Waals surface area contributed by atoms with Gasteiger partial charge in [0.05, 0.1) is 34.8 Å². The summed E-state index contributed by atoms with van der Waals surface area (Å²) in [6.45, 7) is 3.43. The van der Waals surface area contributed by atoms with Crippen LogP contribution in [0.5, 0.6) is 0 Å². The predicted octanol–water partition coefficient (Wildman–Crippen LogP) is 0.512. The van der Waals surface area contributed by atoms with Crippen LogP contribution >= 0.6 is 0 Å².